The van der Waals surface area contributed by atoms with Crippen LogP contribution < -0.4 is 0 Å². The molecule has 1 heterocycles. The van der Waals surface area contributed by atoms with Gasteiger partial charge in [-0.2, -0.15) is 0 Å². The predicted molar refractivity (Wildman–Crippen MR) is 92.6 cm³/mol. The van der Waals surface area contributed by atoms with Crippen LogP contribution in [0.2, 0.25) is 0 Å². The van der Waals surface area contributed by atoms with Crippen molar-refractivity contribution in [1.82, 2.24) is 4.98 Å². The highest BCUT2D eigenvalue weighted by molar-refractivity contribution is 6.11. The second-order valence-corrected chi connectivity index (χ2v) is 5.17. The highest BCUT2D eigenvalue weighted by Crippen LogP contribution is 2.20. The van der Waals surface area contributed by atoms with Gasteiger partial charge in [0.1, 0.15) is 0 Å². The van der Waals surface area contributed by atoms with E-state index in [4.69, 9.17) is 4.99 Å². The Morgan fingerprint density at radius 3 is 2.13 bits per heavy atom. The highest BCUT2D eigenvalue weighted by Gasteiger charge is 2.13. The maximum absolute atomic E-state index is 9.79. The first-order valence-electron chi connectivity index (χ1n) is 7.59. The van der Waals surface area contributed by atoms with Gasteiger partial charge in [-0.1, -0.05) is 66.7 Å². The largest absolute Gasteiger partial charge is 0.394 e. The Balaban J connectivity index is 2.07. The maximum atomic E-state index is 9.79. The summed E-state index contributed by atoms with van der Waals surface area (Å²) in [7, 11) is 0. The molecule has 1 atom stereocenters. The molecular weight excluding hydrogens is 284 g/mol. The molecule has 2 aromatic carbocycles. The lowest BCUT2D eigenvalue weighted by Crippen LogP contribution is -2.10. The van der Waals surface area contributed by atoms with Crippen LogP contribution >= 0.6 is 0 Å². The van der Waals surface area contributed by atoms with Gasteiger partial charge in [0.05, 0.1) is 24.1 Å². The first kappa shape index (κ1) is 15.1. The minimum Gasteiger partial charge on any atom is -0.394 e. The summed E-state index contributed by atoms with van der Waals surface area (Å²) < 4.78 is 0. The molecule has 0 aliphatic carbocycles. The molecule has 0 aliphatic heterocycles. The number of benzene rings is 2. The van der Waals surface area contributed by atoms with E-state index in [-0.39, 0.29) is 12.6 Å². The van der Waals surface area contributed by atoms with Crippen LogP contribution in [0.4, 0.5) is 0 Å². The third-order valence-corrected chi connectivity index (χ3v) is 3.60. The number of hydrogen-bond donors (Lipinski definition) is 1. The molecule has 23 heavy (non-hydrogen) atoms. The van der Waals surface area contributed by atoms with E-state index >= 15 is 0 Å². The van der Waals surface area contributed by atoms with E-state index in [1.807, 2.05) is 78.9 Å². The van der Waals surface area contributed by atoms with E-state index in [1.54, 1.807) is 6.20 Å². The summed E-state index contributed by atoms with van der Waals surface area (Å²) in [4.78, 5) is 9.23. The first-order chi connectivity index (χ1) is 11.4. The number of nitrogens with zero attached hydrogens (tertiary/aromatic N) is 2. The molecule has 0 saturated carbocycles. The van der Waals surface area contributed by atoms with E-state index in [9.17, 15) is 5.11 Å². The molecule has 0 unspecified atom stereocenters. The van der Waals surface area contributed by atoms with Gasteiger partial charge in [-0.15, -0.1) is 0 Å². The standard InChI is InChI=1S/C20H18N2O/c23-15-19(16-9-3-1-4-10-16)22-20(17-11-5-2-6-12-17)18-13-7-8-14-21-18/h1-14,19,23H,15H2/t19-/m1/s1. The van der Waals surface area contributed by atoms with Gasteiger partial charge in [0.2, 0.25) is 0 Å². The van der Waals surface area contributed by atoms with Crippen molar-refractivity contribution in [3.63, 3.8) is 0 Å². The molecule has 3 nitrogen and oxygen atoms in total. The van der Waals surface area contributed by atoms with Crippen molar-refractivity contribution in [3.8, 4) is 0 Å². The van der Waals surface area contributed by atoms with Gasteiger partial charge in [-0.3, -0.25) is 9.98 Å². The Morgan fingerprint density at radius 2 is 1.52 bits per heavy atom. The van der Waals surface area contributed by atoms with Gasteiger partial charge >= 0.3 is 0 Å². The number of aliphatic hydroxyl groups excluding tert-OH is 1. The average Bonchev–Trinajstić information content (AvgIpc) is 2.65. The third kappa shape index (κ3) is 3.71. The van der Waals surface area contributed by atoms with E-state index in [2.05, 4.69) is 4.98 Å². The van der Waals surface area contributed by atoms with Crippen LogP contribution in [0.1, 0.15) is 22.9 Å². The molecule has 0 aliphatic rings. The molecular formula is C20H18N2O. The number of aliphatic hydroxyl groups is 1. The number of rotatable bonds is 5. The summed E-state index contributed by atoms with van der Waals surface area (Å²) >= 11 is 0. The monoisotopic (exact) mass is 302 g/mol. The molecule has 0 bridgehead atoms. The minimum atomic E-state index is -0.312. The third-order valence-electron chi connectivity index (χ3n) is 3.60. The Kier molecular flexibility index (Phi) is 4.92. The van der Waals surface area contributed by atoms with Crippen molar-refractivity contribution >= 4 is 5.71 Å². The van der Waals surface area contributed by atoms with Gasteiger partial charge in [0.25, 0.3) is 0 Å². The fraction of sp³-hybridized carbons (Fsp3) is 0.100. The zero-order chi connectivity index (χ0) is 15.9. The average molecular weight is 302 g/mol. The van der Waals surface area contributed by atoms with E-state index in [1.165, 1.54) is 0 Å². The van der Waals surface area contributed by atoms with Crippen LogP contribution in [0.25, 0.3) is 0 Å². The van der Waals surface area contributed by atoms with Gasteiger partial charge in [0.15, 0.2) is 0 Å². The predicted octanol–water partition coefficient (Wildman–Crippen LogP) is 3.65. The molecule has 3 aromatic rings. The Labute approximate surface area is 136 Å². The summed E-state index contributed by atoms with van der Waals surface area (Å²) in [6, 6.07) is 25.2. The number of hydrogen-bond acceptors (Lipinski definition) is 3. The molecule has 0 amide bonds. The summed E-state index contributed by atoms with van der Waals surface area (Å²) in [5.74, 6) is 0. The normalized spacial score (nSPS) is 12.8. The molecule has 0 spiro atoms. The number of aliphatic imine (C=N–C) groups is 1. The molecule has 0 saturated heterocycles. The smallest absolute Gasteiger partial charge is 0.0988 e. The Morgan fingerprint density at radius 1 is 0.870 bits per heavy atom. The molecule has 3 heteroatoms. The minimum absolute atomic E-state index is 0.0484. The van der Waals surface area contributed by atoms with Crippen molar-refractivity contribution in [2.45, 2.75) is 6.04 Å². The van der Waals surface area contributed by atoms with Crippen LogP contribution in [0.5, 0.6) is 0 Å². The Bertz CT molecular complexity index is 714. The molecule has 3 rings (SSSR count). The van der Waals surface area contributed by atoms with Crippen molar-refractivity contribution in [1.29, 1.82) is 0 Å². The van der Waals surface area contributed by atoms with Crippen LogP contribution in [-0.2, 0) is 0 Å². The van der Waals surface area contributed by atoms with Crippen molar-refractivity contribution in [2.24, 2.45) is 4.99 Å². The Hall–Kier alpha value is -2.78. The summed E-state index contributed by atoms with van der Waals surface area (Å²) in [5.41, 5.74) is 3.56. The lowest BCUT2D eigenvalue weighted by Gasteiger charge is -2.14. The van der Waals surface area contributed by atoms with Gasteiger partial charge in [0, 0.05) is 11.8 Å². The lowest BCUT2D eigenvalue weighted by molar-refractivity contribution is 0.269. The van der Waals surface area contributed by atoms with Gasteiger partial charge in [-0.25, -0.2) is 0 Å². The molecule has 1 N–H and O–H groups in total. The van der Waals surface area contributed by atoms with Crippen LogP contribution in [0.3, 0.4) is 0 Å². The second kappa shape index (κ2) is 7.47. The summed E-state index contributed by atoms with van der Waals surface area (Å²) in [5, 5.41) is 9.79. The van der Waals surface area contributed by atoms with Crippen LogP contribution in [0, 0.1) is 0 Å². The fourth-order valence-electron chi connectivity index (χ4n) is 2.44. The zero-order valence-corrected chi connectivity index (χ0v) is 12.7. The van der Waals surface area contributed by atoms with Gasteiger partial charge < -0.3 is 5.11 Å². The SMILES string of the molecule is OC[C@@H](N=C(c1ccccc1)c1ccccn1)c1ccccc1. The van der Waals surface area contributed by atoms with E-state index in [0.29, 0.717) is 0 Å². The topological polar surface area (TPSA) is 45.5 Å². The van der Waals surface area contributed by atoms with Crippen molar-refractivity contribution < 1.29 is 5.11 Å². The summed E-state index contributed by atoms with van der Waals surface area (Å²) in [6.45, 7) is -0.0484. The number of aromatic nitrogens is 1. The molecule has 1 aromatic heterocycles. The van der Waals surface area contributed by atoms with E-state index < -0.39 is 0 Å². The molecule has 114 valence electrons. The van der Waals surface area contributed by atoms with Gasteiger partial charge in [-0.05, 0) is 17.7 Å². The quantitative estimate of drug-likeness (QED) is 0.731. The van der Waals surface area contributed by atoms with Crippen LogP contribution in [-0.4, -0.2) is 22.4 Å². The number of pyridine rings is 1. The second-order valence-electron chi connectivity index (χ2n) is 5.17. The maximum Gasteiger partial charge on any atom is 0.0988 e. The summed E-state index contributed by atoms with van der Waals surface area (Å²) in [6.07, 6.45) is 1.75. The van der Waals surface area contributed by atoms with Crippen molar-refractivity contribution in [2.75, 3.05) is 6.61 Å². The first-order valence-corrected chi connectivity index (χ1v) is 7.59. The zero-order valence-electron chi connectivity index (χ0n) is 12.7. The highest BCUT2D eigenvalue weighted by atomic mass is 16.3. The van der Waals surface area contributed by atoms with E-state index in [0.717, 1.165) is 22.5 Å². The molecule has 0 radical (unpaired) electrons. The fourth-order valence-corrected chi connectivity index (χ4v) is 2.44. The molecule has 0 fully saturated rings. The van der Waals surface area contributed by atoms with Crippen molar-refractivity contribution in [3.05, 3.63) is 102 Å². The lowest BCUT2D eigenvalue weighted by atomic mass is 10.0. The van der Waals surface area contributed by atoms with Crippen LogP contribution in [0.15, 0.2) is 90.1 Å².